The third-order valence-corrected chi connectivity index (χ3v) is 6.06. The number of morpholine rings is 1. The maximum Gasteiger partial charge on any atom is 0.340 e. The molecular weight excluding hydrogens is 389 g/mol. The highest BCUT2D eigenvalue weighted by Crippen LogP contribution is 2.43. The molecule has 164 valence electrons. The van der Waals surface area contributed by atoms with Crippen LogP contribution < -0.4 is 15.1 Å². The standard InChI is InChI=1S/C22H30FN3O4/c1-5-13(3)29-22(27)19-14(4)30-21-20(19)24-16-11-15(23)17(12-18(16)26(21)6-2)25-7-9-28-10-8-25/h11-13,20-21,24H,5-10H2,1-4H3. The summed E-state index contributed by atoms with van der Waals surface area (Å²) in [7, 11) is 0. The second kappa shape index (κ2) is 8.34. The number of carbonyl (C=O) groups excluding carboxylic acids is 1. The Balaban J connectivity index is 1.66. The van der Waals surface area contributed by atoms with Crippen LogP contribution in [0.15, 0.2) is 23.5 Å². The van der Waals surface area contributed by atoms with Gasteiger partial charge in [0.15, 0.2) is 6.23 Å². The van der Waals surface area contributed by atoms with Gasteiger partial charge >= 0.3 is 5.97 Å². The van der Waals surface area contributed by atoms with Crippen molar-refractivity contribution in [3.05, 3.63) is 29.3 Å². The predicted molar refractivity (Wildman–Crippen MR) is 113 cm³/mol. The molecule has 1 N–H and O–H groups in total. The van der Waals surface area contributed by atoms with Crippen molar-refractivity contribution in [1.82, 2.24) is 0 Å². The van der Waals surface area contributed by atoms with Crippen molar-refractivity contribution in [2.75, 3.05) is 48.0 Å². The molecule has 3 aliphatic rings. The first-order chi connectivity index (χ1) is 14.4. The maximum atomic E-state index is 15.0. The van der Waals surface area contributed by atoms with Crippen LogP contribution in [0.25, 0.3) is 0 Å². The van der Waals surface area contributed by atoms with Crippen molar-refractivity contribution >= 4 is 23.0 Å². The number of likely N-dealkylation sites (N-methyl/N-ethyl adjacent to an activating group) is 1. The topological polar surface area (TPSA) is 63.3 Å². The van der Waals surface area contributed by atoms with Crippen LogP contribution in [0, 0.1) is 5.82 Å². The fourth-order valence-electron chi connectivity index (χ4n) is 4.27. The van der Waals surface area contributed by atoms with E-state index in [4.69, 9.17) is 14.2 Å². The number of fused-ring (bicyclic) bond motifs is 2. The van der Waals surface area contributed by atoms with Gasteiger partial charge in [0.2, 0.25) is 0 Å². The minimum absolute atomic E-state index is 0.177. The van der Waals surface area contributed by atoms with Crippen molar-refractivity contribution in [2.24, 2.45) is 0 Å². The van der Waals surface area contributed by atoms with Crippen molar-refractivity contribution in [3.8, 4) is 0 Å². The Kier molecular flexibility index (Phi) is 5.77. The Morgan fingerprint density at radius 1 is 1.30 bits per heavy atom. The lowest BCUT2D eigenvalue weighted by Gasteiger charge is -2.41. The van der Waals surface area contributed by atoms with Gasteiger partial charge in [-0.15, -0.1) is 0 Å². The van der Waals surface area contributed by atoms with Gasteiger partial charge in [0.1, 0.15) is 23.2 Å². The first-order valence-corrected chi connectivity index (χ1v) is 10.7. The third-order valence-electron chi connectivity index (χ3n) is 6.06. The Hall–Kier alpha value is -2.48. The molecule has 3 atom stereocenters. The largest absolute Gasteiger partial charge is 0.472 e. The number of nitrogens with zero attached hydrogens (tertiary/aromatic N) is 2. The molecule has 0 amide bonds. The van der Waals surface area contributed by atoms with Crippen LogP contribution in [0.5, 0.6) is 0 Å². The highest BCUT2D eigenvalue weighted by molar-refractivity contribution is 5.93. The van der Waals surface area contributed by atoms with E-state index in [0.29, 0.717) is 55.6 Å². The molecule has 3 aliphatic heterocycles. The molecule has 8 heteroatoms. The van der Waals surface area contributed by atoms with Crippen LogP contribution in [0.4, 0.5) is 21.5 Å². The molecule has 1 fully saturated rings. The number of esters is 1. The third kappa shape index (κ3) is 3.57. The number of benzene rings is 1. The summed E-state index contributed by atoms with van der Waals surface area (Å²) >= 11 is 0. The van der Waals surface area contributed by atoms with Gasteiger partial charge in [0.05, 0.1) is 36.4 Å². The van der Waals surface area contributed by atoms with Gasteiger partial charge in [-0.1, -0.05) is 6.92 Å². The summed E-state index contributed by atoms with van der Waals surface area (Å²) in [6.07, 6.45) is 0.174. The second-order valence-electron chi connectivity index (χ2n) is 7.93. The van der Waals surface area contributed by atoms with Gasteiger partial charge < -0.3 is 29.3 Å². The van der Waals surface area contributed by atoms with Crippen LogP contribution in [0.2, 0.25) is 0 Å². The van der Waals surface area contributed by atoms with E-state index in [2.05, 4.69) is 10.2 Å². The molecule has 1 saturated heterocycles. The average molecular weight is 419 g/mol. The van der Waals surface area contributed by atoms with Crippen molar-refractivity contribution in [2.45, 2.75) is 52.5 Å². The van der Waals surface area contributed by atoms with Gasteiger partial charge in [-0.05, 0) is 33.3 Å². The Bertz CT molecular complexity index is 853. The van der Waals surface area contributed by atoms with E-state index in [9.17, 15) is 4.79 Å². The lowest BCUT2D eigenvalue weighted by Crippen LogP contribution is -2.51. The number of nitrogens with one attached hydrogen (secondary N) is 1. The van der Waals surface area contributed by atoms with E-state index in [-0.39, 0.29) is 24.1 Å². The number of ether oxygens (including phenoxy) is 3. The van der Waals surface area contributed by atoms with E-state index in [1.807, 2.05) is 31.7 Å². The van der Waals surface area contributed by atoms with E-state index in [1.54, 1.807) is 6.92 Å². The lowest BCUT2D eigenvalue weighted by molar-refractivity contribution is -0.143. The van der Waals surface area contributed by atoms with Crippen LogP contribution in [-0.2, 0) is 19.0 Å². The molecule has 0 saturated carbocycles. The molecular formula is C22H30FN3O4. The molecule has 7 nitrogen and oxygen atoms in total. The molecule has 0 aromatic heterocycles. The quantitative estimate of drug-likeness (QED) is 0.735. The summed E-state index contributed by atoms with van der Waals surface area (Å²) in [5.74, 6) is -0.126. The molecule has 4 rings (SSSR count). The second-order valence-corrected chi connectivity index (χ2v) is 7.93. The smallest absolute Gasteiger partial charge is 0.340 e. The predicted octanol–water partition coefficient (Wildman–Crippen LogP) is 3.25. The van der Waals surface area contributed by atoms with Gasteiger partial charge in [-0.2, -0.15) is 0 Å². The maximum absolute atomic E-state index is 15.0. The van der Waals surface area contributed by atoms with Gasteiger partial charge in [-0.25, -0.2) is 9.18 Å². The molecule has 3 unspecified atom stereocenters. The Morgan fingerprint density at radius 2 is 2.03 bits per heavy atom. The number of halogens is 1. The first kappa shape index (κ1) is 20.8. The Labute approximate surface area is 176 Å². The highest BCUT2D eigenvalue weighted by Gasteiger charge is 2.46. The number of hydrogen-bond acceptors (Lipinski definition) is 7. The average Bonchev–Trinajstić information content (AvgIpc) is 3.07. The molecule has 0 aliphatic carbocycles. The molecule has 0 radical (unpaired) electrons. The zero-order valence-corrected chi connectivity index (χ0v) is 18.0. The number of hydrogen-bond donors (Lipinski definition) is 1. The van der Waals surface area contributed by atoms with E-state index in [0.717, 1.165) is 12.1 Å². The number of allylic oxidation sites excluding steroid dienone is 1. The molecule has 3 heterocycles. The van der Waals surface area contributed by atoms with E-state index in [1.165, 1.54) is 6.07 Å². The monoisotopic (exact) mass is 419 g/mol. The normalized spacial score (nSPS) is 24.0. The van der Waals surface area contributed by atoms with Crippen LogP contribution in [0.1, 0.15) is 34.1 Å². The van der Waals surface area contributed by atoms with Crippen LogP contribution in [-0.4, -0.2) is 57.2 Å². The fourth-order valence-corrected chi connectivity index (χ4v) is 4.27. The Morgan fingerprint density at radius 3 is 2.70 bits per heavy atom. The van der Waals surface area contributed by atoms with Crippen LogP contribution >= 0.6 is 0 Å². The summed E-state index contributed by atoms with van der Waals surface area (Å²) in [6.45, 7) is 10.8. The molecule has 1 aromatic carbocycles. The summed E-state index contributed by atoms with van der Waals surface area (Å²) in [6, 6.07) is 2.98. The first-order valence-electron chi connectivity index (χ1n) is 10.7. The van der Waals surface area contributed by atoms with Crippen molar-refractivity contribution in [3.63, 3.8) is 0 Å². The van der Waals surface area contributed by atoms with E-state index >= 15 is 4.39 Å². The summed E-state index contributed by atoms with van der Waals surface area (Å²) < 4.78 is 32.1. The molecule has 0 spiro atoms. The summed E-state index contributed by atoms with van der Waals surface area (Å²) in [4.78, 5) is 16.9. The highest BCUT2D eigenvalue weighted by atomic mass is 19.1. The minimum atomic E-state index is -0.414. The van der Waals surface area contributed by atoms with Crippen molar-refractivity contribution in [1.29, 1.82) is 0 Å². The number of rotatable bonds is 5. The molecule has 1 aromatic rings. The zero-order chi connectivity index (χ0) is 21.4. The zero-order valence-electron chi connectivity index (χ0n) is 18.0. The van der Waals surface area contributed by atoms with Gasteiger partial charge in [-0.3, -0.25) is 0 Å². The summed E-state index contributed by atoms with van der Waals surface area (Å²) in [5.41, 5.74) is 2.56. The number of carbonyl (C=O) groups is 1. The lowest BCUT2D eigenvalue weighted by atomic mass is 10.0. The fraction of sp³-hybridized carbons (Fsp3) is 0.591. The SMILES string of the molecule is CCC(C)OC(=O)C1=C(C)OC2C1Nc1cc(F)c(N3CCOCC3)cc1N2CC. The number of anilines is 3. The molecule has 0 bridgehead atoms. The van der Waals surface area contributed by atoms with E-state index < -0.39 is 6.04 Å². The van der Waals surface area contributed by atoms with Crippen LogP contribution in [0.3, 0.4) is 0 Å². The van der Waals surface area contributed by atoms with Gasteiger partial charge in [0.25, 0.3) is 0 Å². The molecule has 30 heavy (non-hydrogen) atoms. The van der Waals surface area contributed by atoms with Gasteiger partial charge in [0, 0.05) is 25.7 Å². The summed E-state index contributed by atoms with van der Waals surface area (Å²) in [5, 5.41) is 3.34. The van der Waals surface area contributed by atoms with Crippen molar-refractivity contribution < 1.29 is 23.4 Å². The minimum Gasteiger partial charge on any atom is -0.472 e.